The number of rotatable bonds is 3. The molecule has 1 saturated heterocycles. The van der Waals surface area contributed by atoms with Crippen LogP contribution in [0.3, 0.4) is 0 Å². The Hall–Kier alpha value is -1.90. The molecule has 1 aliphatic rings. The average molecular weight is 288 g/mol. The number of hydrogen-bond donors (Lipinski definition) is 0. The molecule has 1 amide bonds. The Labute approximate surface area is 125 Å². The zero-order chi connectivity index (χ0) is 15.5. The minimum absolute atomic E-state index is 0.0791. The van der Waals surface area contributed by atoms with Crippen molar-refractivity contribution in [3.8, 4) is 6.07 Å². The van der Waals surface area contributed by atoms with Crippen molar-refractivity contribution in [3.63, 3.8) is 0 Å². The van der Waals surface area contributed by atoms with Crippen molar-refractivity contribution >= 4 is 5.91 Å². The van der Waals surface area contributed by atoms with E-state index in [1.54, 1.807) is 36.3 Å². The lowest BCUT2D eigenvalue weighted by molar-refractivity contribution is -0.143. The molecule has 1 heterocycles. The van der Waals surface area contributed by atoms with Crippen LogP contribution in [0.4, 0.5) is 0 Å². The first kappa shape index (κ1) is 15.5. The summed E-state index contributed by atoms with van der Waals surface area (Å²) in [7, 11) is 1.62. The molecule has 1 fully saturated rings. The highest BCUT2D eigenvalue weighted by molar-refractivity contribution is 5.94. The van der Waals surface area contributed by atoms with Crippen LogP contribution in [0.1, 0.15) is 29.8 Å². The SMILES string of the molecule is COC[C@H]1CN(C(=O)c2cccc(C#N)c2)CC(C)(C)O1. The third-order valence-corrected chi connectivity index (χ3v) is 3.36. The van der Waals surface area contributed by atoms with Crippen LogP contribution < -0.4 is 0 Å². The second-order valence-corrected chi connectivity index (χ2v) is 5.83. The minimum Gasteiger partial charge on any atom is -0.382 e. The van der Waals surface area contributed by atoms with E-state index < -0.39 is 5.60 Å². The normalized spacial score (nSPS) is 20.9. The van der Waals surface area contributed by atoms with Gasteiger partial charge >= 0.3 is 0 Å². The zero-order valence-corrected chi connectivity index (χ0v) is 12.6. The third kappa shape index (κ3) is 3.81. The fourth-order valence-corrected chi connectivity index (χ4v) is 2.63. The van der Waals surface area contributed by atoms with Crippen molar-refractivity contribution in [1.29, 1.82) is 5.26 Å². The Morgan fingerprint density at radius 2 is 2.33 bits per heavy atom. The molecule has 0 saturated carbocycles. The number of carbonyl (C=O) groups excluding carboxylic acids is 1. The van der Waals surface area contributed by atoms with Gasteiger partial charge in [-0.2, -0.15) is 5.26 Å². The van der Waals surface area contributed by atoms with Gasteiger partial charge in [-0.3, -0.25) is 4.79 Å². The van der Waals surface area contributed by atoms with Gasteiger partial charge in [0.25, 0.3) is 5.91 Å². The van der Waals surface area contributed by atoms with Crippen molar-refractivity contribution in [1.82, 2.24) is 4.90 Å². The van der Waals surface area contributed by atoms with E-state index >= 15 is 0 Å². The van der Waals surface area contributed by atoms with Crippen molar-refractivity contribution in [2.75, 3.05) is 26.8 Å². The predicted octanol–water partition coefficient (Wildman–Crippen LogP) is 1.82. The molecule has 21 heavy (non-hydrogen) atoms. The summed E-state index contributed by atoms with van der Waals surface area (Å²) in [5.74, 6) is -0.0791. The fourth-order valence-electron chi connectivity index (χ4n) is 2.63. The van der Waals surface area contributed by atoms with Crippen LogP contribution in [0.5, 0.6) is 0 Å². The lowest BCUT2D eigenvalue weighted by Crippen LogP contribution is -2.55. The van der Waals surface area contributed by atoms with Crippen LogP contribution >= 0.6 is 0 Å². The van der Waals surface area contributed by atoms with E-state index in [2.05, 4.69) is 6.07 Å². The highest BCUT2D eigenvalue weighted by atomic mass is 16.5. The van der Waals surface area contributed by atoms with Crippen molar-refractivity contribution in [3.05, 3.63) is 35.4 Å². The smallest absolute Gasteiger partial charge is 0.254 e. The van der Waals surface area contributed by atoms with Crippen molar-refractivity contribution < 1.29 is 14.3 Å². The van der Waals surface area contributed by atoms with Crippen LogP contribution in [0.25, 0.3) is 0 Å². The van der Waals surface area contributed by atoms with Crippen LogP contribution in [0.15, 0.2) is 24.3 Å². The Kier molecular flexibility index (Phi) is 4.61. The highest BCUT2D eigenvalue weighted by Gasteiger charge is 2.35. The molecule has 0 N–H and O–H groups in total. The molecular formula is C16H20N2O3. The maximum atomic E-state index is 12.6. The average Bonchev–Trinajstić information content (AvgIpc) is 2.45. The zero-order valence-electron chi connectivity index (χ0n) is 12.6. The molecule has 1 atom stereocenters. The molecule has 0 radical (unpaired) electrons. The maximum absolute atomic E-state index is 12.6. The van der Waals surface area contributed by atoms with E-state index in [1.807, 2.05) is 13.8 Å². The number of morpholine rings is 1. The van der Waals surface area contributed by atoms with E-state index in [1.165, 1.54) is 0 Å². The first-order valence-electron chi connectivity index (χ1n) is 6.91. The number of amides is 1. The standard InChI is InChI=1S/C16H20N2O3/c1-16(2)11-18(9-14(21-16)10-20-3)15(19)13-6-4-5-12(7-13)8-17/h4-7,14H,9-11H2,1-3H3/t14-/m1/s1. The van der Waals surface area contributed by atoms with Crippen LogP contribution in [0.2, 0.25) is 0 Å². The number of benzene rings is 1. The summed E-state index contributed by atoms with van der Waals surface area (Å²) in [6.45, 7) is 5.38. The second kappa shape index (κ2) is 6.25. The van der Waals surface area contributed by atoms with Gasteiger partial charge in [-0.15, -0.1) is 0 Å². The van der Waals surface area contributed by atoms with Crippen LogP contribution in [0, 0.1) is 11.3 Å². The predicted molar refractivity (Wildman–Crippen MR) is 77.9 cm³/mol. The van der Waals surface area contributed by atoms with Crippen LogP contribution in [-0.4, -0.2) is 49.3 Å². The van der Waals surface area contributed by atoms with Crippen LogP contribution in [-0.2, 0) is 9.47 Å². The molecule has 5 heteroatoms. The van der Waals surface area contributed by atoms with Gasteiger partial charge in [0.05, 0.1) is 29.9 Å². The van der Waals surface area contributed by atoms with E-state index in [-0.39, 0.29) is 12.0 Å². The summed E-state index contributed by atoms with van der Waals surface area (Å²) < 4.78 is 11.0. The van der Waals surface area contributed by atoms with Gasteiger partial charge in [0.1, 0.15) is 0 Å². The van der Waals surface area contributed by atoms with Gasteiger partial charge in [-0.25, -0.2) is 0 Å². The Bertz CT molecular complexity index is 563. The molecule has 5 nitrogen and oxygen atoms in total. The number of hydrogen-bond acceptors (Lipinski definition) is 4. The summed E-state index contributed by atoms with van der Waals surface area (Å²) in [6, 6.07) is 8.82. The van der Waals surface area contributed by atoms with Gasteiger partial charge in [0, 0.05) is 25.8 Å². The Morgan fingerprint density at radius 1 is 1.57 bits per heavy atom. The molecule has 1 aliphatic heterocycles. The molecule has 2 rings (SSSR count). The number of carbonyl (C=O) groups is 1. The summed E-state index contributed by atoms with van der Waals surface area (Å²) in [4.78, 5) is 14.4. The van der Waals surface area contributed by atoms with Crippen molar-refractivity contribution in [2.24, 2.45) is 0 Å². The molecule has 112 valence electrons. The monoisotopic (exact) mass is 288 g/mol. The molecule has 0 bridgehead atoms. The number of nitriles is 1. The molecular weight excluding hydrogens is 268 g/mol. The number of nitrogens with zero attached hydrogens (tertiary/aromatic N) is 2. The molecule has 0 aliphatic carbocycles. The maximum Gasteiger partial charge on any atom is 0.254 e. The number of methoxy groups -OCH3 is 1. The molecule has 0 aromatic heterocycles. The highest BCUT2D eigenvalue weighted by Crippen LogP contribution is 2.23. The van der Waals surface area contributed by atoms with E-state index in [9.17, 15) is 4.79 Å². The lowest BCUT2D eigenvalue weighted by Gasteiger charge is -2.42. The number of ether oxygens (including phenoxy) is 2. The summed E-state index contributed by atoms with van der Waals surface area (Å²) in [6.07, 6.45) is -0.137. The first-order chi connectivity index (χ1) is 9.95. The van der Waals surface area contributed by atoms with Gasteiger partial charge in [0.15, 0.2) is 0 Å². The third-order valence-electron chi connectivity index (χ3n) is 3.36. The summed E-state index contributed by atoms with van der Waals surface area (Å²) in [5, 5.41) is 8.94. The van der Waals surface area contributed by atoms with E-state index in [0.29, 0.717) is 30.8 Å². The van der Waals surface area contributed by atoms with E-state index in [0.717, 1.165) is 0 Å². The topological polar surface area (TPSA) is 62.6 Å². The van der Waals surface area contributed by atoms with Gasteiger partial charge in [-0.1, -0.05) is 6.07 Å². The largest absolute Gasteiger partial charge is 0.382 e. The minimum atomic E-state index is -0.413. The first-order valence-corrected chi connectivity index (χ1v) is 6.91. The molecule has 0 unspecified atom stereocenters. The van der Waals surface area contributed by atoms with Gasteiger partial charge in [-0.05, 0) is 32.0 Å². The molecule has 0 spiro atoms. The Balaban J connectivity index is 2.19. The fraction of sp³-hybridized carbons (Fsp3) is 0.500. The lowest BCUT2D eigenvalue weighted by atomic mass is 10.0. The summed E-state index contributed by atoms with van der Waals surface area (Å²) in [5.41, 5.74) is 0.606. The van der Waals surface area contributed by atoms with Gasteiger partial charge < -0.3 is 14.4 Å². The molecule has 1 aromatic rings. The van der Waals surface area contributed by atoms with E-state index in [4.69, 9.17) is 14.7 Å². The second-order valence-electron chi connectivity index (χ2n) is 5.83. The summed E-state index contributed by atoms with van der Waals surface area (Å²) >= 11 is 0. The Morgan fingerprint density at radius 3 is 3.00 bits per heavy atom. The quantitative estimate of drug-likeness (QED) is 0.851. The van der Waals surface area contributed by atoms with Gasteiger partial charge in [0.2, 0.25) is 0 Å². The molecule has 1 aromatic carbocycles. The van der Waals surface area contributed by atoms with Crippen molar-refractivity contribution in [2.45, 2.75) is 25.6 Å².